The van der Waals surface area contributed by atoms with Crippen LogP contribution in [0.2, 0.25) is 0 Å². The molecule has 0 unspecified atom stereocenters. The normalized spacial score (nSPS) is 10.8. The molecule has 0 saturated heterocycles. The largest absolute Gasteiger partial charge is 0.452 e. The highest BCUT2D eigenvalue weighted by Crippen LogP contribution is 2.19. The van der Waals surface area contributed by atoms with Gasteiger partial charge in [-0.15, -0.1) is 0 Å². The van der Waals surface area contributed by atoms with E-state index in [1.54, 1.807) is 0 Å². The number of carbonyl (C=O) groups excluding carboxylic acids is 2. The van der Waals surface area contributed by atoms with Crippen LogP contribution in [0.15, 0.2) is 77.7 Å². The minimum atomic E-state index is -4.08. The maximum Gasteiger partial charge on any atom is 0.338 e. The topological polar surface area (TPSA) is 145 Å². The number of ether oxygens (including phenoxy) is 1. The number of hydrogen-bond donors (Lipinski definition) is 2. The molecular formula is C21H16FN3O7S. The van der Waals surface area contributed by atoms with Crippen molar-refractivity contribution in [1.29, 1.82) is 0 Å². The first kappa shape index (κ1) is 23.3. The van der Waals surface area contributed by atoms with E-state index in [-0.39, 0.29) is 27.5 Å². The monoisotopic (exact) mass is 473 g/mol. The number of non-ortho nitro benzene ring substituents is 1. The summed E-state index contributed by atoms with van der Waals surface area (Å²) in [4.78, 5) is 34.2. The average Bonchev–Trinajstić information content (AvgIpc) is 2.79. The Kier molecular flexibility index (Phi) is 6.98. The maximum absolute atomic E-state index is 13.0. The summed E-state index contributed by atoms with van der Waals surface area (Å²) in [6.45, 7) is -0.702. The summed E-state index contributed by atoms with van der Waals surface area (Å²) in [5.41, 5.74) is -0.0791. The van der Waals surface area contributed by atoms with E-state index in [0.29, 0.717) is 0 Å². The lowest BCUT2D eigenvalue weighted by molar-refractivity contribution is -0.384. The molecule has 0 aliphatic heterocycles. The van der Waals surface area contributed by atoms with Crippen molar-refractivity contribution in [1.82, 2.24) is 0 Å². The number of nitrogens with zero attached hydrogens (tertiary/aromatic N) is 1. The van der Waals surface area contributed by atoms with Gasteiger partial charge in [0.15, 0.2) is 6.61 Å². The number of nitrogens with one attached hydrogen (secondary N) is 2. The molecule has 0 spiro atoms. The number of sulfonamides is 1. The van der Waals surface area contributed by atoms with Crippen molar-refractivity contribution < 1.29 is 32.1 Å². The molecule has 1 amide bonds. The van der Waals surface area contributed by atoms with Crippen LogP contribution in [0.25, 0.3) is 0 Å². The molecular weight excluding hydrogens is 457 g/mol. The number of hydrogen-bond acceptors (Lipinski definition) is 7. The van der Waals surface area contributed by atoms with Crippen molar-refractivity contribution in [2.45, 2.75) is 4.90 Å². The van der Waals surface area contributed by atoms with Crippen molar-refractivity contribution in [3.8, 4) is 0 Å². The molecule has 3 rings (SSSR count). The number of anilines is 2. The lowest BCUT2D eigenvalue weighted by atomic mass is 10.2. The standard InChI is InChI=1S/C21H16FN3O7S/c22-15-7-9-16(10-8-15)24-33(30,31)19-6-1-3-14(11-19)21(27)32-13-20(26)23-17-4-2-5-18(12-17)25(28)29/h1-12,24H,13H2,(H,23,26). The van der Waals surface area contributed by atoms with Gasteiger partial charge < -0.3 is 10.1 Å². The van der Waals surface area contributed by atoms with Gasteiger partial charge in [0.2, 0.25) is 0 Å². The van der Waals surface area contributed by atoms with E-state index in [1.165, 1.54) is 48.5 Å². The Morgan fingerprint density at radius 1 is 0.970 bits per heavy atom. The van der Waals surface area contributed by atoms with Crippen LogP contribution in [-0.4, -0.2) is 31.8 Å². The third-order valence-electron chi connectivity index (χ3n) is 4.15. The number of rotatable bonds is 8. The van der Waals surface area contributed by atoms with Gasteiger partial charge >= 0.3 is 5.97 Å². The third kappa shape index (κ3) is 6.33. The van der Waals surface area contributed by atoms with E-state index in [9.17, 15) is 32.5 Å². The Hall–Kier alpha value is -4.32. The highest BCUT2D eigenvalue weighted by Gasteiger charge is 2.18. The molecule has 0 aliphatic rings. The summed E-state index contributed by atoms with van der Waals surface area (Å²) in [6, 6.07) is 14.8. The van der Waals surface area contributed by atoms with Gasteiger partial charge in [0.1, 0.15) is 5.82 Å². The number of nitro groups is 1. The smallest absolute Gasteiger partial charge is 0.338 e. The summed E-state index contributed by atoms with van der Waals surface area (Å²) >= 11 is 0. The van der Waals surface area contributed by atoms with E-state index < -0.39 is 39.2 Å². The number of nitro benzene ring substituents is 1. The molecule has 0 radical (unpaired) electrons. The molecule has 12 heteroatoms. The quantitative estimate of drug-likeness (QED) is 0.290. The number of carbonyl (C=O) groups is 2. The summed E-state index contributed by atoms with van der Waals surface area (Å²) in [7, 11) is -4.08. The molecule has 33 heavy (non-hydrogen) atoms. The van der Waals surface area contributed by atoms with Gasteiger partial charge in [-0.25, -0.2) is 17.6 Å². The van der Waals surface area contributed by atoms with Crippen molar-refractivity contribution in [3.63, 3.8) is 0 Å². The van der Waals surface area contributed by atoms with Crippen LogP contribution in [-0.2, 0) is 19.6 Å². The van der Waals surface area contributed by atoms with Crippen LogP contribution in [0.5, 0.6) is 0 Å². The van der Waals surface area contributed by atoms with Gasteiger partial charge in [-0.3, -0.25) is 19.6 Å². The summed E-state index contributed by atoms with van der Waals surface area (Å²) in [6.07, 6.45) is 0. The zero-order valence-corrected chi connectivity index (χ0v) is 17.5. The molecule has 0 heterocycles. The first-order valence-corrected chi connectivity index (χ1v) is 10.7. The zero-order chi connectivity index (χ0) is 24.0. The van der Waals surface area contributed by atoms with E-state index >= 15 is 0 Å². The maximum atomic E-state index is 13.0. The predicted octanol–water partition coefficient (Wildman–Crippen LogP) is 3.33. The lowest BCUT2D eigenvalue weighted by Crippen LogP contribution is -2.21. The average molecular weight is 473 g/mol. The van der Waals surface area contributed by atoms with Crippen LogP contribution in [0.4, 0.5) is 21.5 Å². The Labute approximate surface area is 187 Å². The second-order valence-electron chi connectivity index (χ2n) is 6.57. The highest BCUT2D eigenvalue weighted by molar-refractivity contribution is 7.92. The molecule has 10 nitrogen and oxygen atoms in total. The van der Waals surface area contributed by atoms with Crippen LogP contribution in [0, 0.1) is 15.9 Å². The molecule has 3 aromatic carbocycles. The minimum absolute atomic E-state index is 0.125. The molecule has 0 aliphatic carbocycles. The number of esters is 1. The van der Waals surface area contributed by atoms with E-state index in [1.807, 2.05) is 0 Å². The Morgan fingerprint density at radius 3 is 2.36 bits per heavy atom. The summed E-state index contributed by atoms with van der Waals surface area (Å²) in [5, 5.41) is 13.1. The van der Waals surface area contributed by atoms with Gasteiger partial charge in [-0.1, -0.05) is 12.1 Å². The molecule has 0 bridgehead atoms. The fourth-order valence-electron chi connectivity index (χ4n) is 2.63. The highest BCUT2D eigenvalue weighted by atomic mass is 32.2. The second-order valence-corrected chi connectivity index (χ2v) is 8.25. The lowest BCUT2D eigenvalue weighted by Gasteiger charge is -2.10. The molecule has 0 aromatic heterocycles. The first-order valence-electron chi connectivity index (χ1n) is 9.24. The summed E-state index contributed by atoms with van der Waals surface area (Å²) < 4.78 is 45.2. The minimum Gasteiger partial charge on any atom is -0.452 e. The van der Waals surface area contributed by atoms with Crippen molar-refractivity contribution in [2.24, 2.45) is 0 Å². The number of amides is 1. The summed E-state index contributed by atoms with van der Waals surface area (Å²) in [5.74, 6) is -2.23. The molecule has 0 saturated carbocycles. The van der Waals surface area contributed by atoms with Crippen LogP contribution >= 0.6 is 0 Å². The molecule has 3 aromatic rings. The van der Waals surface area contributed by atoms with Crippen LogP contribution in [0.3, 0.4) is 0 Å². The second kappa shape index (κ2) is 9.87. The predicted molar refractivity (Wildman–Crippen MR) is 116 cm³/mol. The van der Waals surface area contributed by atoms with E-state index in [2.05, 4.69) is 10.0 Å². The Bertz CT molecular complexity index is 1310. The third-order valence-corrected chi connectivity index (χ3v) is 5.53. The van der Waals surface area contributed by atoms with E-state index in [4.69, 9.17) is 4.74 Å². The first-order chi connectivity index (χ1) is 15.6. The van der Waals surface area contributed by atoms with Gasteiger partial charge in [0.05, 0.1) is 15.4 Å². The van der Waals surface area contributed by atoms with Gasteiger partial charge in [-0.2, -0.15) is 0 Å². The SMILES string of the molecule is O=C(COC(=O)c1cccc(S(=O)(=O)Nc2ccc(F)cc2)c1)Nc1cccc([N+](=O)[O-])c1. The molecule has 0 fully saturated rings. The molecule has 2 N–H and O–H groups in total. The van der Waals surface area contributed by atoms with E-state index in [0.717, 1.165) is 24.3 Å². The molecule has 170 valence electrons. The fourth-order valence-corrected chi connectivity index (χ4v) is 3.74. The van der Waals surface area contributed by atoms with Gasteiger partial charge in [-0.05, 0) is 48.5 Å². The Balaban J connectivity index is 1.63. The molecule has 0 atom stereocenters. The van der Waals surface area contributed by atoms with Gasteiger partial charge in [0.25, 0.3) is 21.6 Å². The van der Waals surface area contributed by atoms with Crippen molar-refractivity contribution in [2.75, 3.05) is 16.6 Å². The fraction of sp³-hybridized carbons (Fsp3) is 0.0476. The van der Waals surface area contributed by atoms with Crippen LogP contribution in [0.1, 0.15) is 10.4 Å². The van der Waals surface area contributed by atoms with Gasteiger partial charge in [0, 0.05) is 23.5 Å². The number of benzene rings is 3. The van der Waals surface area contributed by atoms with Crippen molar-refractivity contribution in [3.05, 3.63) is 94.3 Å². The zero-order valence-electron chi connectivity index (χ0n) is 16.7. The Morgan fingerprint density at radius 2 is 1.67 bits per heavy atom. The number of halogens is 1. The van der Waals surface area contributed by atoms with Crippen molar-refractivity contribution >= 4 is 39.0 Å². The van der Waals surface area contributed by atoms with Crippen LogP contribution < -0.4 is 10.0 Å².